The van der Waals surface area contributed by atoms with Crippen molar-refractivity contribution >= 4 is 60.3 Å². The molecule has 10 nitrogen and oxygen atoms in total. The van der Waals surface area contributed by atoms with Gasteiger partial charge >= 0.3 is 0 Å². The number of carbonyl (C=O) groups excluding carboxylic acids is 1. The van der Waals surface area contributed by atoms with Crippen LogP contribution in [0.4, 0.5) is 22.7 Å². The van der Waals surface area contributed by atoms with Crippen LogP contribution in [0.3, 0.4) is 0 Å². The summed E-state index contributed by atoms with van der Waals surface area (Å²) in [6, 6.07) is 26.0. The van der Waals surface area contributed by atoms with Gasteiger partial charge in [-0.1, -0.05) is 47.5 Å². The normalized spacial score (nSPS) is 13.7. The average molecular weight is 669 g/mol. The first-order chi connectivity index (χ1) is 21.5. The molecule has 0 radical (unpaired) electrons. The topological polar surface area (TPSA) is 125 Å². The minimum absolute atomic E-state index is 0.0231. The molecule has 4 aromatic carbocycles. The smallest absolute Gasteiger partial charge is 0.264 e. The van der Waals surface area contributed by atoms with Crippen molar-refractivity contribution in [3.63, 3.8) is 0 Å². The van der Waals surface area contributed by atoms with Gasteiger partial charge in [0.25, 0.3) is 20.0 Å². The highest BCUT2D eigenvalue weighted by Gasteiger charge is 2.27. The summed E-state index contributed by atoms with van der Waals surface area (Å²) in [7, 11) is -8.07. The van der Waals surface area contributed by atoms with Crippen LogP contribution in [-0.4, -0.2) is 55.6 Å². The molecule has 0 saturated carbocycles. The third-order valence-electron chi connectivity index (χ3n) is 7.18. The standard InChI is InChI=1S/C32H33ClN4O6S2/c1-24-7-14-29(15-8-24)45(41,42)37(28-5-3-2-4-6-28)18-17-32(38)34-27-13-16-30(36-19-21-43-22-20-36)31(23-27)44(39,40)35-26-11-9-25(33)10-12-26/h2-16,23,35H,17-22H2,1H3,(H,34,38). The summed E-state index contributed by atoms with van der Waals surface area (Å²) in [4.78, 5) is 15.2. The Morgan fingerprint density at radius 2 is 1.51 bits per heavy atom. The zero-order valence-corrected chi connectivity index (χ0v) is 26.9. The molecule has 1 fully saturated rings. The van der Waals surface area contributed by atoms with Crippen LogP contribution >= 0.6 is 11.6 Å². The van der Waals surface area contributed by atoms with Gasteiger partial charge in [0.2, 0.25) is 5.91 Å². The predicted octanol–water partition coefficient (Wildman–Crippen LogP) is 5.51. The number of amides is 1. The number of hydrogen-bond acceptors (Lipinski definition) is 7. The molecule has 0 aromatic heterocycles. The molecular formula is C32H33ClN4O6S2. The Morgan fingerprint density at radius 3 is 2.18 bits per heavy atom. The molecule has 1 aliphatic heterocycles. The van der Waals surface area contributed by atoms with Gasteiger partial charge in [-0.15, -0.1) is 0 Å². The molecule has 45 heavy (non-hydrogen) atoms. The number of rotatable bonds is 11. The summed E-state index contributed by atoms with van der Waals surface area (Å²) in [5, 5.41) is 3.21. The lowest BCUT2D eigenvalue weighted by Gasteiger charge is -2.30. The average Bonchev–Trinajstić information content (AvgIpc) is 3.03. The second-order valence-corrected chi connectivity index (χ2v) is 14.4. The van der Waals surface area contributed by atoms with E-state index in [2.05, 4.69) is 10.0 Å². The second-order valence-electron chi connectivity index (χ2n) is 10.4. The van der Waals surface area contributed by atoms with Gasteiger partial charge in [0.05, 0.1) is 29.5 Å². The highest BCUT2D eigenvalue weighted by molar-refractivity contribution is 7.93. The van der Waals surface area contributed by atoms with E-state index in [1.54, 1.807) is 78.9 Å². The fourth-order valence-electron chi connectivity index (χ4n) is 4.85. The van der Waals surface area contributed by atoms with Gasteiger partial charge in [-0.3, -0.25) is 13.8 Å². The minimum Gasteiger partial charge on any atom is -0.378 e. The van der Waals surface area contributed by atoms with E-state index in [4.69, 9.17) is 16.3 Å². The van der Waals surface area contributed by atoms with E-state index >= 15 is 0 Å². The molecule has 0 spiro atoms. The Hall–Kier alpha value is -4.10. The molecule has 0 bridgehead atoms. The van der Waals surface area contributed by atoms with Crippen molar-refractivity contribution < 1.29 is 26.4 Å². The van der Waals surface area contributed by atoms with Crippen LogP contribution < -0.4 is 19.2 Å². The molecule has 0 unspecified atom stereocenters. The van der Waals surface area contributed by atoms with E-state index in [9.17, 15) is 21.6 Å². The van der Waals surface area contributed by atoms with Crippen LogP contribution in [0.2, 0.25) is 5.02 Å². The number of sulfonamides is 2. The first-order valence-corrected chi connectivity index (χ1v) is 17.5. The van der Waals surface area contributed by atoms with Crippen molar-refractivity contribution in [3.8, 4) is 0 Å². The Bertz CT molecular complexity index is 1850. The van der Waals surface area contributed by atoms with Crippen LogP contribution in [0.25, 0.3) is 0 Å². The molecule has 0 aliphatic carbocycles. The molecule has 1 aliphatic rings. The van der Waals surface area contributed by atoms with E-state index in [0.29, 0.717) is 48.4 Å². The van der Waals surface area contributed by atoms with Crippen molar-refractivity contribution in [2.45, 2.75) is 23.1 Å². The summed E-state index contributed by atoms with van der Waals surface area (Å²) in [6.07, 6.45) is -0.184. The van der Waals surface area contributed by atoms with E-state index < -0.39 is 26.0 Å². The Morgan fingerprint density at radius 1 is 0.867 bits per heavy atom. The largest absolute Gasteiger partial charge is 0.378 e. The SMILES string of the molecule is Cc1ccc(S(=O)(=O)N(CCC(=O)Nc2ccc(N3CCOCC3)c(S(=O)(=O)Nc3ccc(Cl)cc3)c2)c2ccccc2)cc1. The molecule has 236 valence electrons. The van der Waals surface area contributed by atoms with Crippen LogP contribution in [0, 0.1) is 6.92 Å². The van der Waals surface area contributed by atoms with Crippen molar-refractivity contribution in [3.05, 3.63) is 108 Å². The van der Waals surface area contributed by atoms with Crippen molar-refractivity contribution in [1.82, 2.24) is 0 Å². The molecule has 5 rings (SSSR count). The predicted molar refractivity (Wildman–Crippen MR) is 177 cm³/mol. The summed E-state index contributed by atoms with van der Waals surface area (Å²) in [6.45, 7) is 3.63. The fourth-order valence-corrected chi connectivity index (χ4v) is 7.75. The number of nitrogens with zero attached hydrogens (tertiary/aromatic N) is 2. The van der Waals surface area contributed by atoms with Crippen molar-refractivity contribution in [2.75, 3.05) is 52.1 Å². The van der Waals surface area contributed by atoms with E-state index in [1.807, 2.05) is 11.8 Å². The number of carbonyl (C=O) groups is 1. The highest BCUT2D eigenvalue weighted by atomic mass is 35.5. The number of hydrogen-bond donors (Lipinski definition) is 2. The number of halogens is 1. The van der Waals surface area contributed by atoms with Gasteiger partial charge in [0, 0.05) is 42.5 Å². The zero-order chi connectivity index (χ0) is 32.0. The number of benzene rings is 4. The number of ether oxygens (including phenoxy) is 1. The number of morpholine rings is 1. The minimum atomic E-state index is -4.09. The highest BCUT2D eigenvalue weighted by Crippen LogP contribution is 2.31. The van der Waals surface area contributed by atoms with Gasteiger partial charge in [-0.05, 0) is 73.7 Å². The molecular weight excluding hydrogens is 636 g/mol. The van der Waals surface area contributed by atoms with Gasteiger partial charge in [-0.2, -0.15) is 0 Å². The molecule has 13 heteroatoms. The van der Waals surface area contributed by atoms with Crippen molar-refractivity contribution in [1.29, 1.82) is 0 Å². The van der Waals surface area contributed by atoms with E-state index in [0.717, 1.165) is 5.56 Å². The van der Waals surface area contributed by atoms with Crippen LogP contribution in [-0.2, 0) is 29.6 Å². The second kappa shape index (κ2) is 13.9. The summed E-state index contributed by atoms with van der Waals surface area (Å²) in [5.74, 6) is -0.483. The number of anilines is 4. The Balaban J connectivity index is 1.38. The summed E-state index contributed by atoms with van der Waals surface area (Å²) in [5.41, 5.74) is 2.39. The van der Waals surface area contributed by atoms with Crippen LogP contribution in [0.1, 0.15) is 12.0 Å². The lowest BCUT2D eigenvalue weighted by Crippen LogP contribution is -2.37. The van der Waals surface area contributed by atoms with Gasteiger partial charge in [0.1, 0.15) is 4.90 Å². The number of para-hydroxylation sites is 1. The maximum Gasteiger partial charge on any atom is 0.264 e. The number of nitrogens with one attached hydrogen (secondary N) is 2. The third kappa shape index (κ3) is 7.95. The van der Waals surface area contributed by atoms with E-state index in [-0.39, 0.29) is 28.4 Å². The quantitative estimate of drug-likeness (QED) is 0.216. The zero-order valence-electron chi connectivity index (χ0n) is 24.5. The van der Waals surface area contributed by atoms with Gasteiger partial charge in [0.15, 0.2) is 0 Å². The lowest BCUT2D eigenvalue weighted by atomic mass is 10.2. The molecule has 0 atom stereocenters. The third-order valence-corrected chi connectivity index (χ3v) is 10.7. The molecule has 1 heterocycles. The maximum atomic E-state index is 13.6. The van der Waals surface area contributed by atoms with Crippen molar-refractivity contribution in [2.24, 2.45) is 0 Å². The van der Waals surface area contributed by atoms with E-state index in [1.165, 1.54) is 22.5 Å². The first-order valence-electron chi connectivity index (χ1n) is 14.2. The first kappa shape index (κ1) is 32.3. The van der Waals surface area contributed by atoms with Crippen LogP contribution in [0.15, 0.2) is 107 Å². The van der Waals surface area contributed by atoms with Gasteiger partial charge in [-0.25, -0.2) is 16.8 Å². The lowest BCUT2D eigenvalue weighted by molar-refractivity contribution is -0.116. The maximum absolute atomic E-state index is 13.6. The molecule has 2 N–H and O–H groups in total. The molecule has 1 saturated heterocycles. The Kier molecular flexibility index (Phi) is 9.98. The monoisotopic (exact) mass is 668 g/mol. The Labute approximate surface area is 268 Å². The summed E-state index contributed by atoms with van der Waals surface area (Å²) < 4.78 is 63.8. The van der Waals surface area contributed by atoms with Gasteiger partial charge < -0.3 is 15.0 Å². The summed E-state index contributed by atoms with van der Waals surface area (Å²) >= 11 is 5.97. The molecule has 1 amide bonds. The fraction of sp³-hybridized carbons (Fsp3) is 0.219. The van der Waals surface area contributed by atoms with Crippen LogP contribution in [0.5, 0.6) is 0 Å². The number of aryl methyl sites for hydroxylation is 1. The molecule has 4 aromatic rings.